The molecule has 2 heterocycles. The summed E-state index contributed by atoms with van der Waals surface area (Å²) in [5.41, 5.74) is 0.696. The number of nitriles is 1. The molecule has 24 heavy (non-hydrogen) atoms. The molecule has 2 aromatic heterocycles. The van der Waals surface area contributed by atoms with Crippen molar-refractivity contribution in [2.75, 3.05) is 12.4 Å². The van der Waals surface area contributed by atoms with E-state index < -0.39 is 5.91 Å². The molecule has 1 amide bonds. The number of anilines is 1. The molecule has 0 unspecified atom stereocenters. The molecule has 120 valence electrons. The van der Waals surface area contributed by atoms with Crippen molar-refractivity contribution < 1.29 is 13.9 Å². The molecule has 3 aromatic rings. The number of benzene rings is 1. The van der Waals surface area contributed by atoms with Crippen molar-refractivity contribution in [2.24, 2.45) is 0 Å². The smallest absolute Gasteiger partial charge is 0.268 e. The number of rotatable bonds is 4. The first-order chi connectivity index (χ1) is 11.6. The molecule has 0 saturated carbocycles. The number of aryl methyl sites for hydroxylation is 1. The molecule has 0 bridgehead atoms. The van der Waals surface area contributed by atoms with E-state index in [-0.39, 0.29) is 5.57 Å². The lowest BCUT2D eigenvalue weighted by atomic mass is 10.2. The summed E-state index contributed by atoms with van der Waals surface area (Å²) in [6.07, 6.45) is 1.40. The topological polar surface area (TPSA) is 88.1 Å². The zero-order valence-corrected chi connectivity index (χ0v) is 13.8. The van der Waals surface area contributed by atoms with Crippen LogP contribution in [-0.2, 0) is 4.79 Å². The van der Waals surface area contributed by atoms with Gasteiger partial charge in [0.2, 0.25) is 0 Å². The number of carbonyl (C=O) groups is 1. The Kier molecular flexibility index (Phi) is 4.31. The Morgan fingerprint density at radius 1 is 1.42 bits per heavy atom. The van der Waals surface area contributed by atoms with E-state index in [9.17, 15) is 10.1 Å². The lowest BCUT2D eigenvalue weighted by Crippen LogP contribution is -2.13. The third kappa shape index (κ3) is 3.29. The summed E-state index contributed by atoms with van der Waals surface area (Å²) in [6, 6.07) is 10.8. The highest BCUT2D eigenvalue weighted by atomic mass is 32.1. The summed E-state index contributed by atoms with van der Waals surface area (Å²) in [6.45, 7) is 1.79. The van der Waals surface area contributed by atoms with Crippen LogP contribution in [0.1, 0.15) is 11.5 Å². The second kappa shape index (κ2) is 6.56. The number of nitrogens with zero attached hydrogens (tertiary/aromatic N) is 2. The number of hydrogen-bond acceptors (Lipinski definition) is 6. The van der Waals surface area contributed by atoms with E-state index in [1.807, 2.05) is 18.2 Å². The number of carbonyl (C=O) groups excluding carboxylic acids is 1. The Labute approximate surface area is 142 Å². The second-order valence-electron chi connectivity index (χ2n) is 4.93. The number of thiazole rings is 1. The quantitative estimate of drug-likeness (QED) is 0.577. The first kappa shape index (κ1) is 15.8. The average molecular weight is 339 g/mol. The molecule has 7 heteroatoms. The van der Waals surface area contributed by atoms with E-state index in [0.717, 1.165) is 16.0 Å². The first-order valence-electron chi connectivity index (χ1n) is 7.03. The predicted octanol–water partition coefficient (Wildman–Crippen LogP) is 3.75. The van der Waals surface area contributed by atoms with Crippen LogP contribution in [0.2, 0.25) is 0 Å². The molecule has 0 aliphatic carbocycles. The summed E-state index contributed by atoms with van der Waals surface area (Å²) in [5.74, 6) is 1.35. The predicted molar refractivity (Wildman–Crippen MR) is 91.8 cm³/mol. The van der Waals surface area contributed by atoms with Crippen LogP contribution in [0.15, 0.2) is 40.3 Å². The molecule has 0 aliphatic rings. The third-order valence-corrected chi connectivity index (χ3v) is 4.16. The van der Waals surface area contributed by atoms with Gasteiger partial charge in [-0.1, -0.05) is 11.3 Å². The molecule has 0 fully saturated rings. The zero-order chi connectivity index (χ0) is 17.1. The summed E-state index contributed by atoms with van der Waals surface area (Å²) >= 11 is 1.31. The minimum absolute atomic E-state index is 0.0545. The highest BCUT2D eigenvalue weighted by molar-refractivity contribution is 7.22. The van der Waals surface area contributed by atoms with Gasteiger partial charge >= 0.3 is 0 Å². The molecule has 1 aromatic carbocycles. The number of fused-ring (bicyclic) bond motifs is 1. The largest absolute Gasteiger partial charge is 0.497 e. The van der Waals surface area contributed by atoms with Crippen LogP contribution in [-0.4, -0.2) is 18.0 Å². The fraction of sp³-hybridized carbons (Fsp3) is 0.118. The normalized spacial score (nSPS) is 11.3. The number of hydrogen-bond donors (Lipinski definition) is 1. The Balaban J connectivity index is 1.83. The highest BCUT2D eigenvalue weighted by Crippen LogP contribution is 2.29. The van der Waals surface area contributed by atoms with Gasteiger partial charge in [0.15, 0.2) is 5.13 Å². The zero-order valence-electron chi connectivity index (χ0n) is 13.0. The van der Waals surface area contributed by atoms with E-state index in [1.54, 1.807) is 32.2 Å². The van der Waals surface area contributed by atoms with Gasteiger partial charge in [-0.15, -0.1) is 0 Å². The molecule has 0 atom stereocenters. The Morgan fingerprint density at radius 3 is 2.92 bits per heavy atom. The average Bonchev–Trinajstić information content (AvgIpc) is 3.16. The van der Waals surface area contributed by atoms with Crippen LogP contribution in [0, 0.1) is 18.3 Å². The van der Waals surface area contributed by atoms with E-state index in [2.05, 4.69) is 10.3 Å². The van der Waals surface area contributed by atoms with Crippen LogP contribution in [0.25, 0.3) is 16.3 Å². The Bertz CT molecular complexity index is 979. The first-order valence-corrected chi connectivity index (χ1v) is 7.85. The lowest BCUT2D eigenvalue weighted by molar-refractivity contribution is -0.112. The molecule has 0 saturated heterocycles. The number of methoxy groups -OCH3 is 1. The van der Waals surface area contributed by atoms with E-state index >= 15 is 0 Å². The van der Waals surface area contributed by atoms with Crippen LogP contribution >= 0.6 is 11.3 Å². The maximum Gasteiger partial charge on any atom is 0.268 e. The maximum atomic E-state index is 12.3. The van der Waals surface area contributed by atoms with Crippen molar-refractivity contribution >= 4 is 38.7 Å². The van der Waals surface area contributed by atoms with Gasteiger partial charge in [-0.05, 0) is 37.3 Å². The van der Waals surface area contributed by atoms with Gasteiger partial charge in [0, 0.05) is 6.08 Å². The van der Waals surface area contributed by atoms with E-state index in [0.29, 0.717) is 16.7 Å². The van der Waals surface area contributed by atoms with Crippen molar-refractivity contribution in [2.45, 2.75) is 6.92 Å². The Hall–Kier alpha value is -3.11. The minimum Gasteiger partial charge on any atom is -0.497 e. The molecule has 0 spiro atoms. The van der Waals surface area contributed by atoms with Crippen LogP contribution in [0.4, 0.5) is 5.13 Å². The van der Waals surface area contributed by atoms with Crippen molar-refractivity contribution in [1.82, 2.24) is 4.98 Å². The number of aromatic nitrogens is 1. The van der Waals surface area contributed by atoms with Gasteiger partial charge < -0.3 is 9.15 Å². The van der Waals surface area contributed by atoms with Crippen molar-refractivity contribution in [1.29, 1.82) is 5.26 Å². The number of nitrogens with one attached hydrogen (secondary N) is 1. The molecule has 3 rings (SSSR count). The van der Waals surface area contributed by atoms with Crippen molar-refractivity contribution in [3.05, 3.63) is 47.4 Å². The van der Waals surface area contributed by atoms with Gasteiger partial charge in [0.25, 0.3) is 5.91 Å². The summed E-state index contributed by atoms with van der Waals surface area (Å²) in [5, 5.41) is 12.3. The number of amides is 1. The van der Waals surface area contributed by atoms with Crippen LogP contribution < -0.4 is 10.1 Å². The second-order valence-corrected chi connectivity index (χ2v) is 5.96. The molecular formula is C17H13N3O3S. The van der Waals surface area contributed by atoms with Gasteiger partial charge in [0.1, 0.15) is 28.9 Å². The summed E-state index contributed by atoms with van der Waals surface area (Å²) < 4.78 is 11.4. The van der Waals surface area contributed by atoms with E-state index in [4.69, 9.17) is 9.15 Å². The SMILES string of the molecule is COc1ccc2nc(NC(=O)/C(C#N)=C/c3ccc(C)o3)sc2c1. The monoisotopic (exact) mass is 339 g/mol. The van der Waals surface area contributed by atoms with Gasteiger partial charge in [-0.25, -0.2) is 4.98 Å². The molecule has 0 aliphatic heterocycles. The van der Waals surface area contributed by atoms with Gasteiger partial charge in [-0.2, -0.15) is 5.26 Å². The standard InChI is InChI=1S/C17H13N3O3S/c1-10-3-4-13(23-10)7-11(9-18)16(21)20-17-19-14-6-5-12(22-2)8-15(14)24-17/h3-8H,1-2H3,(H,19,20,21)/b11-7+. The van der Waals surface area contributed by atoms with Crippen molar-refractivity contribution in [3.63, 3.8) is 0 Å². The van der Waals surface area contributed by atoms with E-state index in [1.165, 1.54) is 17.4 Å². The minimum atomic E-state index is -0.530. The van der Waals surface area contributed by atoms with Crippen LogP contribution in [0.3, 0.4) is 0 Å². The van der Waals surface area contributed by atoms with Gasteiger partial charge in [0.05, 0.1) is 17.3 Å². The molecule has 0 radical (unpaired) electrons. The lowest BCUT2D eigenvalue weighted by Gasteiger charge is -1.98. The number of furan rings is 1. The highest BCUT2D eigenvalue weighted by Gasteiger charge is 2.13. The fourth-order valence-electron chi connectivity index (χ4n) is 2.07. The third-order valence-electron chi connectivity index (χ3n) is 3.23. The van der Waals surface area contributed by atoms with Gasteiger partial charge in [-0.3, -0.25) is 10.1 Å². The summed E-state index contributed by atoms with van der Waals surface area (Å²) in [4.78, 5) is 16.6. The molecule has 6 nitrogen and oxygen atoms in total. The summed E-state index contributed by atoms with van der Waals surface area (Å²) in [7, 11) is 1.59. The number of ether oxygens (including phenoxy) is 1. The van der Waals surface area contributed by atoms with Crippen molar-refractivity contribution in [3.8, 4) is 11.8 Å². The molecular weight excluding hydrogens is 326 g/mol. The maximum absolute atomic E-state index is 12.3. The van der Waals surface area contributed by atoms with Crippen LogP contribution in [0.5, 0.6) is 5.75 Å². The Morgan fingerprint density at radius 2 is 2.25 bits per heavy atom. The molecule has 1 N–H and O–H groups in total. The fourth-order valence-corrected chi connectivity index (χ4v) is 2.96.